The van der Waals surface area contributed by atoms with Crippen LogP contribution < -0.4 is 4.74 Å². The summed E-state index contributed by atoms with van der Waals surface area (Å²) in [5, 5.41) is 10.9. The van der Waals surface area contributed by atoms with Gasteiger partial charge in [-0.05, 0) is 35.8 Å². The van der Waals surface area contributed by atoms with E-state index in [2.05, 4.69) is 27.8 Å². The van der Waals surface area contributed by atoms with Gasteiger partial charge in [0.15, 0.2) is 0 Å². The highest BCUT2D eigenvalue weighted by molar-refractivity contribution is 9.10. The van der Waals surface area contributed by atoms with E-state index in [0.717, 1.165) is 0 Å². The first-order valence-corrected chi connectivity index (χ1v) is 5.43. The average Bonchev–Trinajstić information content (AvgIpc) is 2.25. The number of halogens is 2. The summed E-state index contributed by atoms with van der Waals surface area (Å²) in [5.41, 5.74) is -0.0595. The maximum absolute atomic E-state index is 13.3. The zero-order valence-electron chi connectivity index (χ0n) is 9.21. The summed E-state index contributed by atoms with van der Waals surface area (Å²) in [6.45, 7) is 3.19. The van der Waals surface area contributed by atoms with Crippen molar-refractivity contribution in [2.24, 2.45) is 0 Å². The Labute approximate surface area is 106 Å². The highest BCUT2D eigenvalue weighted by Crippen LogP contribution is 2.39. The zero-order chi connectivity index (χ0) is 13.0. The molecule has 0 aromatic heterocycles. The lowest BCUT2D eigenvalue weighted by molar-refractivity contribution is -0.386. The number of hydrogen-bond donors (Lipinski definition) is 0. The van der Waals surface area contributed by atoms with Gasteiger partial charge >= 0.3 is 5.69 Å². The number of rotatable bonds is 3. The molecule has 90 valence electrons. The molecule has 0 atom stereocenters. The molecule has 0 saturated carbocycles. The monoisotopic (exact) mass is 301 g/mol. The average molecular weight is 302 g/mol. The van der Waals surface area contributed by atoms with Crippen LogP contribution in [-0.2, 0) is 0 Å². The van der Waals surface area contributed by atoms with Crippen molar-refractivity contribution in [3.05, 3.63) is 32.0 Å². The van der Waals surface area contributed by atoms with Crippen molar-refractivity contribution in [2.45, 2.75) is 13.8 Å². The molecule has 0 aliphatic carbocycles. The third-order valence-electron chi connectivity index (χ3n) is 1.98. The Morgan fingerprint density at radius 2 is 2.29 bits per heavy atom. The summed E-state index contributed by atoms with van der Waals surface area (Å²) < 4.78 is 18.3. The number of nitrogens with zero attached hydrogens (tertiary/aromatic N) is 1. The van der Waals surface area contributed by atoms with Gasteiger partial charge in [-0.3, -0.25) is 10.1 Å². The summed E-state index contributed by atoms with van der Waals surface area (Å²) in [7, 11) is 0. The number of aryl methyl sites for hydroxylation is 1. The van der Waals surface area contributed by atoms with Gasteiger partial charge < -0.3 is 4.74 Å². The Morgan fingerprint density at radius 1 is 1.65 bits per heavy atom. The second-order valence-electron chi connectivity index (χ2n) is 3.14. The molecule has 0 fully saturated rings. The quantitative estimate of drug-likeness (QED) is 0.489. The number of nitro benzene ring substituents is 1. The molecule has 0 unspecified atom stereocenters. The number of hydrogen-bond acceptors (Lipinski definition) is 3. The topological polar surface area (TPSA) is 52.4 Å². The zero-order valence-corrected chi connectivity index (χ0v) is 10.8. The fourth-order valence-corrected chi connectivity index (χ4v) is 1.68. The molecule has 0 saturated heterocycles. The van der Waals surface area contributed by atoms with Gasteiger partial charge in [-0.2, -0.15) is 0 Å². The van der Waals surface area contributed by atoms with Crippen LogP contribution in [0.4, 0.5) is 10.1 Å². The van der Waals surface area contributed by atoms with Crippen molar-refractivity contribution in [3.8, 4) is 17.6 Å². The molecule has 0 aliphatic heterocycles. The Morgan fingerprint density at radius 3 is 2.82 bits per heavy atom. The van der Waals surface area contributed by atoms with Crippen LogP contribution >= 0.6 is 15.9 Å². The molecule has 17 heavy (non-hydrogen) atoms. The first kappa shape index (κ1) is 13.5. The second kappa shape index (κ2) is 5.64. The summed E-state index contributed by atoms with van der Waals surface area (Å²) in [6, 6.07) is 1.17. The highest BCUT2D eigenvalue weighted by atomic mass is 79.9. The summed E-state index contributed by atoms with van der Waals surface area (Å²) in [5.74, 6) is 4.56. The molecule has 0 aliphatic rings. The standard InChI is InChI=1S/C11H9BrFNO3/c1-3-4-5-17-11-7(2)6-8(13)9(12)10(11)14(15)16/h6H,5H2,1-2H3. The van der Waals surface area contributed by atoms with Crippen molar-refractivity contribution >= 4 is 21.6 Å². The van der Waals surface area contributed by atoms with Gasteiger partial charge in [0.25, 0.3) is 0 Å². The van der Waals surface area contributed by atoms with E-state index in [0.29, 0.717) is 5.56 Å². The normalized spacial score (nSPS) is 9.41. The van der Waals surface area contributed by atoms with Gasteiger partial charge in [-0.25, -0.2) is 4.39 Å². The first-order chi connectivity index (χ1) is 7.99. The minimum atomic E-state index is -0.692. The van der Waals surface area contributed by atoms with E-state index in [9.17, 15) is 14.5 Å². The van der Waals surface area contributed by atoms with Gasteiger partial charge in [-0.1, -0.05) is 5.92 Å². The van der Waals surface area contributed by atoms with Crippen LogP contribution in [0.5, 0.6) is 5.75 Å². The summed E-state index contributed by atoms with van der Waals surface area (Å²) in [4.78, 5) is 10.2. The van der Waals surface area contributed by atoms with E-state index in [1.54, 1.807) is 6.92 Å². The maximum atomic E-state index is 13.3. The van der Waals surface area contributed by atoms with Crippen LogP contribution in [0.15, 0.2) is 10.5 Å². The van der Waals surface area contributed by atoms with Crippen molar-refractivity contribution in [3.63, 3.8) is 0 Å². The van der Waals surface area contributed by atoms with Gasteiger partial charge in [0.05, 0.1) is 4.92 Å². The number of nitro groups is 1. The minimum Gasteiger partial charge on any atom is -0.473 e. The molecular formula is C11H9BrFNO3. The van der Waals surface area contributed by atoms with Gasteiger partial charge in [0.2, 0.25) is 5.75 Å². The van der Waals surface area contributed by atoms with Crippen LogP contribution in [0, 0.1) is 34.7 Å². The lowest BCUT2D eigenvalue weighted by Crippen LogP contribution is -2.03. The number of benzene rings is 1. The van der Waals surface area contributed by atoms with E-state index < -0.39 is 16.4 Å². The van der Waals surface area contributed by atoms with Gasteiger partial charge in [0.1, 0.15) is 16.9 Å². The first-order valence-electron chi connectivity index (χ1n) is 4.64. The predicted molar refractivity (Wildman–Crippen MR) is 64.4 cm³/mol. The highest BCUT2D eigenvalue weighted by Gasteiger charge is 2.25. The molecule has 0 amide bonds. The van der Waals surface area contributed by atoms with Crippen LogP contribution in [-0.4, -0.2) is 11.5 Å². The van der Waals surface area contributed by atoms with Crippen LogP contribution in [0.1, 0.15) is 12.5 Å². The fraction of sp³-hybridized carbons (Fsp3) is 0.273. The van der Waals surface area contributed by atoms with Crippen molar-refractivity contribution in [2.75, 3.05) is 6.61 Å². The van der Waals surface area contributed by atoms with E-state index >= 15 is 0 Å². The summed E-state index contributed by atoms with van der Waals surface area (Å²) in [6.07, 6.45) is 0. The molecule has 0 N–H and O–H groups in total. The molecule has 0 radical (unpaired) electrons. The molecule has 6 heteroatoms. The van der Waals surface area contributed by atoms with Crippen molar-refractivity contribution < 1.29 is 14.1 Å². The Bertz CT molecular complexity index is 520. The SMILES string of the molecule is CC#CCOc1c(C)cc(F)c(Br)c1[N+](=O)[O-]. The lowest BCUT2D eigenvalue weighted by Gasteiger charge is -2.08. The van der Waals surface area contributed by atoms with Gasteiger partial charge in [0, 0.05) is 5.56 Å². The van der Waals surface area contributed by atoms with E-state index in [1.807, 2.05) is 0 Å². The third-order valence-corrected chi connectivity index (χ3v) is 2.74. The molecular weight excluding hydrogens is 293 g/mol. The molecule has 4 nitrogen and oxygen atoms in total. The Kier molecular flexibility index (Phi) is 4.46. The molecule has 1 rings (SSSR count). The van der Waals surface area contributed by atoms with Crippen LogP contribution in [0.2, 0.25) is 0 Å². The van der Waals surface area contributed by atoms with E-state index in [-0.39, 0.29) is 16.8 Å². The fourth-order valence-electron chi connectivity index (χ4n) is 1.24. The molecule has 1 aromatic rings. The lowest BCUT2D eigenvalue weighted by atomic mass is 10.2. The molecule has 0 bridgehead atoms. The van der Waals surface area contributed by atoms with Crippen LogP contribution in [0.25, 0.3) is 0 Å². The molecule has 1 aromatic carbocycles. The number of ether oxygens (including phenoxy) is 1. The van der Waals surface area contributed by atoms with Gasteiger partial charge in [-0.15, -0.1) is 5.92 Å². The largest absolute Gasteiger partial charge is 0.473 e. The second-order valence-corrected chi connectivity index (χ2v) is 3.93. The van der Waals surface area contributed by atoms with Crippen molar-refractivity contribution in [1.29, 1.82) is 0 Å². The maximum Gasteiger partial charge on any atom is 0.328 e. The smallest absolute Gasteiger partial charge is 0.328 e. The Hall–Kier alpha value is -1.61. The Balaban J connectivity index is 3.29. The molecule has 0 heterocycles. The van der Waals surface area contributed by atoms with Crippen molar-refractivity contribution in [1.82, 2.24) is 0 Å². The minimum absolute atomic E-state index is 0.0241. The summed E-state index contributed by atoms with van der Waals surface area (Å²) >= 11 is 2.84. The van der Waals surface area contributed by atoms with E-state index in [1.165, 1.54) is 13.0 Å². The third kappa shape index (κ3) is 2.94. The predicted octanol–water partition coefficient (Wildman–Crippen LogP) is 3.21. The molecule has 0 spiro atoms. The van der Waals surface area contributed by atoms with E-state index in [4.69, 9.17) is 4.74 Å². The van der Waals surface area contributed by atoms with Crippen LogP contribution in [0.3, 0.4) is 0 Å².